The van der Waals surface area contributed by atoms with Crippen molar-refractivity contribution in [2.45, 2.75) is 33.4 Å². The molecular weight excluding hydrogens is 230 g/mol. The maximum absolute atomic E-state index is 10.9. The minimum atomic E-state index is -0.685. The summed E-state index contributed by atoms with van der Waals surface area (Å²) in [6.45, 7) is 7.58. The van der Waals surface area contributed by atoms with Crippen molar-refractivity contribution in [1.82, 2.24) is 14.5 Å². The summed E-state index contributed by atoms with van der Waals surface area (Å²) in [4.78, 5) is 17.3. The van der Waals surface area contributed by atoms with Crippen LogP contribution in [0, 0.1) is 11.8 Å². The fraction of sp³-hybridized carbons (Fsp3) is 0.692. The summed E-state index contributed by atoms with van der Waals surface area (Å²) < 4.78 is 2.17. The van der Waals surface area contributed by atoms with Gasteiger partial charge in [-0.1, -0.05) is 13.8 Å². The minimum Gasteiger partial charge on any atom is -0.481 e. The summed E-state index contributed by atoms with van der Waals surface area (Å²) >= 11 is 0. The lowest BCUT2D eigenvalue weighted by molar-refractivity contribution is -0.145. The van der Waals surface area contributed by atoms with E-state index in [0.717, 1.165) is 32.6 Å². The van der Waals surface area contributed by atoms with E-state index in [2.05, 4.69) is 21.4 Å². The van der Waals surface area contributed by atoms with E-state index in [1.807, 2.05) is 12.5 Å². The third-order valence-electron chi connectivity index (χ3n) is 3.73. The maximum atomic E-state index is 10.9. The van der Waals surface area contributed by atoms with Crippen molar-refractivity contribution in [2.24, 2.45) is 11.8 Å². The lowest BCUT2D eigenvalue weighted by Crippen LogP contribution is -2.50. The first-order valence-corrected chi connectivity index (χ1v) is 6.56. The highest BCUT2D eigenvalue weighted by Gasteiger charge is 2.34. The van der Waals surface area contributed by atoms with Gasteiger partial charge in [-0.3, -0.25) is 9.69 Å². The predicted octanol–water partition coefficient (Wildman–Crippen LogP) is 1.45. The van der Waals surface area contributed by atoms with Crippen LogP contribution in [-0.4, -0.2) is 38.6 Å². The fourth-order valence-corrected chi connectivity index (χ4v) is 2.41. The molecule has 1 aliphatic heterocycles. The van der Waals surface area contributed by atoms with Gasteiger partial charge in [-0.25, -0.2) is 4.98 Å². The average molecular weight is 251 g/mol. The van der Waals surface area contributed by atoms with Crippen LogP contribution in [0.5, 0.6) is 0 Å². The zero-order chi connectivity index (χ0) is 13.1. The molecule has 0 radical (unpaired) electrons. The fourth-order valence-electron chi connectivity index (χ4n) is 2.41. The predicted molar refractivity (Wildman–Crippen MR) is 68.1 cm³/mol. The molecule has 0 aromatic carbocycles. The van der Waals surface area contributed by atoms with Gasteiger partial charge in [-0.05, 0) is 12.3 Å². The molecule has 0 aliphatic carbocycles. The van der Waals surface area contributed by atoms with Crippen LogP contribution >= 0.6 is 0 Å². The molecule has 1 atom stereocenters. The molecule has 18 heavy (non-hydrogen) atoms. The molecule has 1 saturated heterocycles. The Balaban J connectivity index is 1.83. The van der Waals surface area contributed by atoms with Crippen molar-refractivity contribution < 1.29 is 9.90 Å². The number of carboxylic acid groups (broad SMARTS) is 1. The first kappa shape index (κ1) is 13.1. The van der Waals surface area contributed by atoms with Crippen LogP contribution in [-0.2, 0) is 17.9 Å². The highest BCUT2D eigenvalue weighted by Crippen LogP contribution is 2.25. The molecule has 5 heteroatoms. The molecular formula is C13H21N3O2. The van der Waals surface area contributed by atoms with Crippen LogP contribution in [0.4, 0.5) is 0 Å². The monoisotopic (exact) mass is 251 g/mol. The van der Waals surface area contributed by atoms with Gasteiger partial charge in [0.1, 0.15) is 0 Å². The lowest BCUT2D eigenvalue weighted by Gasteiger charge is -2.41. The van der Waals surface area contributed by atoms with Crippen LogP contribution in [0.3, 0.4) is 0 Å². The Hall–Kier alpha value is -1.36. The molecule has 2 rings (SSSR count). The van der Waals surface area contributed by atoms with Crippen molar-refractivity contribution in [3.63, 3.8) is 0 Å². The molecule has 0 saturated carbocycles. The smallest absolute Gasteiger partial charge is 0.306 e. The summed E-state index contributed by atoms with van der Waals surface area (Å²) in [6.07, 6.45) is 4.88. The number of hydrogen-bond donors (Lipinski definition) is 1. The van der Waals surface area contributed by atoms with Crippen molar-refractivity contribution in [2.75, 3.05) is 13.1 Å². The first-order valence-electron chi connectivity index (χ1n) is 6.56. The Bertz CT molecular complexity index is 410. The van der Waals surface area contributed by atoms with E-state index in [-0.39, 0.29) is 5.92 Å². The summed E-state index contributed by atoms with van der Waals surface area (Å²) in [6, 6.07) is 0. The minimum absolute atomic E-state index is 0.234. The van der Waals surface area contributed by atoms with E-state index < -0.39 is 5.97 Å². The third-order valence-corrected chi connectivity index (χ3v) is 3.73. The average Bonchev–Trinajstić information content (AvgIpc) is 2.70. The van der Waals surface area contributed by atoms with Gasteiger partial charge in [0.05, 0.1) is 17.9 Å². The van der Waals surface area contributed by atoms with Gasteiger partial charge in [0, 0.05) is 32.4 Å². The Morgan fingerprint density at radius 3 is 2.94 bits per heavy atom. The van der Waals surface area contributed by atoms with Crippen LogP contribution in [0.15, 0.2) is 12.5 Å². The number of carbonyl (C=O) groups is 1. The van der Waals surface area contributed by atoms with Crippen LogP contribution in [0.2, 0.25) is 0 Å². The van der Waals surface area contributed by atoms with E-state index in [1.54, 1.807) is 6.92 Å². The molecule has 0 spiro atoms. The van der Waals surface area contributed by atoms with Crippen molar-refractivity contribution in [3.05, 3.63) is 18.2 Å². The maximum Gasteiger partial charge on any atom is 0.306 e. The molecule has 1 aliphatic rings. The zero-order valence-electron chi connectivity index (χ0n) is 11.0. The number of nitrogens with zero attached hydrogens (tertiary/aromatic N) is 3. The highest BCUT2D eigenvalue weighted by molar-refractivity contribution is 5.70. The molecule has 0 bridgehead atoms. The van der Waals surface area contributed by atoms with Crippen LogP contribution < -0.4 is 0 Å². The highest BCUT2D eigenvalue weighted by atomic mass is 16.4. The SMILES string of the molecule is CCCn1cncc1CN1CC(C(C)C(=O)O)C1. The second-order valence-corrected chi connectivity index (χ2v) is 5.16. The molecule has 1 aromatic heterocycles. The molecule has 100 valence electrons. The Morgan fingerprint density at radius 1 is 1.61 bits per heavy atom. The number of rotatable bonds is 6. The van der Waals surface area contributed by atoms with Gasteiger partial charge in [0.2, 0.25) is 0 Å². The summed E-state index contributed by atoms with van der Waals surface area (Å²) in [7, 11) is 0. The Kier molecular flexibility index (Phi) is 4.01. The third kappa shape index (κ3) is 2.72. The van der Waals surface area contributed by atoms with Crippen molar-refractivity contribution in [1.29, 1.82) is 0 Å². The van der Waals surface area contributed by atoms with E-state index in [4.69, 9.17) is 5.11 Å². The topological polar surface area (TPSA) is 58.4 Å². The molecule has 5 nitrogen and oxygen atoms in total. The van der Waals surface area contributed by atoms with Gasteiger partial charge >= 0.3 is 5.97 Å². The lowest BCUT2D eigenvalue weighted by atomic mass is 9.87. The van der Waals surface area contributed by atoms with Gasteiger partial charge < -0.3 is 9.67 Å². The molecule has 0 amide bonds. The molecule has 2 heterocycles. The summed E-state index contributed by atoms with van der Waals surface area (Å²) in [5, 5.41) is 8.94. The number of carboxylic acids is 1. The quantitative estimate of drug-likeness (QED) is 0.831. The van der Waals surface area contributed by atoms with E-state index in [0.29, 0.717) is 5.92 Å². The van der Waals surface area contributed by atoms with Gasteiger partial charge in [-0.2, -0.15) is 0 Å². The number of aromatic nitrogens is 2. The largest absolute Gasteiger partial charge is 0.481 e. The summed E-state index contributed by atoms with van der Waals surface area (Å²) in [5.74, 6) is -0.623. The molecule has 1 fully saturated rings. The second-order valence-electron chi connectivity index (χ2n) is 5.16. The Labute approximate surface area is 107 Å². The van der Waals surface area contributed by atoms with Crippen LogP contribution in [0.1, 0.15) is 26.0 Å². The second kappa shape index (κ2) is 5.52. The van der Waals surface area contributed by atoms with E-state index in [1.165, 1.54) is 5.69 Å². The zero-order valence-corrected chi connectivity index (χ0v) is 11.0. The van der Waals surface area contributed by atoms with Gasteiger partial charge in [0.25, 0.3) is 0 Å². The van der Waals surface area contributed by atoms with Gasteiger partial charge in [-0.15, -0.1) is 0 Å². The van der Waals surface area contributed by atoms with Gasteiger partial charge in [0.15, 0.2) is 0 Å². The number of likely N-dealkylation sites (tertiary alicyclic amines) is 1. The number of hydrogen-bond acceptors (Lipinski definition) is 3. The first-order chi connectivity index (χ1) is 8.61. The van der Waals surface area contributed by atoms with Crippen molar-refractivity contribution >= 4 is 5.97 Å². The number of imidazole rings is 1. The molecule has 1 unspecified atom stereocenters. The number of aryl methyl sites for hydroxylation is 1. The Morgan fingerprint density at radius 2 is 2.33 bits per heavy atom. The van der Waals surface area contributed by atoms with Crippen LogP contribution in [0.25, 0.3) is 0 Å². The summed E-state index contributed by atoms with van der Waals surface area (Å²) in [5.41, 5.74) is 1.22. The normalized spacial score (nSPS) is 18.6. The molecule has 1 aromatic rings. The van der Waals surface area contributed by atoms with E-state index in [9.17, 15) is 4.79 Å². The molecule has 1 N–H and O–H groups in total. The van der Waals surface area contributed by atoms with Crippen molar-refractivity contribution in [3.8, 4) is 0 Å². The van der Waals surface area contributed by atoms with E-state index >= 15 is 0 Å². The standard InChI is InChI=1S/C13H21N3O2/c1-3-4-16-9-14-5-12(16)8-15-6-11(7-15)10(2)13(17)18/h5,9-11H,3-4,6-8H2,1-2H3,(H,17,18). The number of aliphatic carboxylic acids is 1.